The Morgan fingerprint density at radius 1 is 0.933 bits per heavy atom. The highest BCUT2D eigenvalue weighted by Crippen LogP contribution is 2.35. The maximum Gasteiger partial charge on any atom is 0.416 e. The Morgan fingerprint density at radius 2 is 1.67 bits per heavy atom. The zero-order chi connectivity index (χ0) is 21.3. The minimum atomic E-state index is -4.41. The van der Waals surface area contributed by atoms with E-state index in [1.54, 1.807) is 24.3 Å². The number of aromatic nitrogens is 1. The largest absolute Gasteiger partial charge is 0.416 e. The summed E-state index contributed by atoms with van der Waals surface area (Å²) in [7, 11) is 0. The Balaban J connectivity index is 1.54. The lowest BCUT2D eigenvalue weighted by molar-refractivity contribution is -0.137. The van der Waals surface area contributed by atoms with Crippen LogP contribution in [0, 0.1) is 6.92 Å². The van der Waals surface area contributed by atoms with E-state index in [2.05, 4.69) is 15.6 Å². The van der Waals surface area contributed by atoms with E-state index in [-0.39, 0.29) is 0 Å². The van der Waals surface area contributed by atoms with E-state index in [1.807, 2.05) is 31.2 Å². The molecule has 4 nitrogen and oxygen atoms in total. The summed E-state index contributed by atoms with van der Waals surface area (Å²) in [4.78, 5) is 16.6. The molecule has 8 heteroatoms. The monoisotopic (exact) mass is 427 g/mol. The Morgan fingerprint density at radius 3 is 2.40 bits per heavy atom. The van der Waals surface area contributed by atoms with Gasteiger partial charge >= 0.3 is 12.2 Å². The summed E-state index contributed by atoms with van der Waals surface area (Å²) in [6, 6.07) is 17.6. The van der Waals surface area contributed by atoms with Gasteiger partial charge in [0, 0.05) is 16.9 Å². The lowest BCUT2D eigenvalue weighted by Gasteiger charge is -2.08. The molecule has 0 aliphatic heterocycles. The van der Waals surface area contributed by atoms with Gasteiger partial charge in [-0.2, -0.15) is 13.2 Å². The maximum atomic E-state index is 12.9. The van der Waals surface area contributed by atoms with E-state index in [0.717, 1.165) is 17.7 Å². The number of urea groups is 1. The standard InChI is InChI=1S/C22H16F3N3OS/c1-13-5-8-16(9-6-13)26-21(29)27-17-4-2-3-14(11-17)20-28-18-12-15(22(23,24)25)7-10-19(18)30-20/h2-12H,1H3,(H2,26,27,29). The lowest BCUT2D eigenvalue weighted by Crippen LogP contribution is -2.19. The number of alkyl halides is 3. The van der Waals surface area contributed by atoms with Crippen LogP contribution in [0.15, 0.2) is 66.7 Å². The van der Waals surface area contributed by atoms with E-state index in [0.29, 0.717) is 32.2 Å². The van der Waals surface area contributed by atoms with Gasteiger partial charge in [0.2, 0.25) is 0 Å². The van der Waals surface area contributed by atoms with Gasteiger partial charge in [0.05, 0.1) is 15.8 Å². The van der Waals surface area contributed by atoms with Crippen molar-refractivity contribution in [3.8, 4) is 10.6 Å². The van der Waals surface area contributed by atoms with Crippen molar-refractivity contribution >= 4 is 39.0 Å². The molecule has 0 spiro atoms. The second-order valence-electron chi connectivity index (χ2n) is 6.73. The van der Waals surface area contributed by atoms with Crippen LogP contribution in [0.2, 0.25) is 0 Å². The van der Waals surface area contributed by atoms with E-state index in [1.165, 1.54) is 17.4 Å². The molecule has 30 heavy (non-hydrogen) atoms. The normalized spacial score (nSPS) is 11.5. The van der Waals surface area contributed by atoms with Gasteiger partial charge in [-0.25, -0.2) is 9.78 Å². The summed E-state index contributed by atoms with van der Waals surface area (Å²) in [5.74, 6) is 0. The highest BCUT2D eigenvalue weighted by atomic mass is 32.1. The molecule has 0 saturated carbocycles. The van der Waals surface area contributed by atoms with E-state index >= 15 is 0 Å². The second-order valence-corrected chi connectivity index (χ2v) is 7.76. The summed E-state index contributed by atoms with van der Waals surface area (Å²) in [5.41, 5.74) is 2.58. The average molecular weight is 427 g/mol. The molecule has 2 N–H and O–H groups in total. The molecule has 0 fully saturated rings. The SMILES string of the molecule is Cc1ccc(NC(=O)Nc2cccc(-c3nc4cc(C(F)(F)F)ccc4s3)c2)cc1. The highest BCUT2D eigenvalue weighted by molar-refractivity contribution is 7.21. The number of anilines is 2. The number of halogens is 3. The number of amides is 2. The molecule has 1 heterocycles. The smallest absolute Gasteiger partial charge is 0.308 e. The lowest BCUT2D eigenvalue weighted by atomic mass is 10.2. The zero-order valence-corrected chi connectivity index (χ0v) is 16.6. The number of nitrogens with zero attached hydrogens (tertiary/aromatic N) is 1. The van der Waals surface area contributed by atoms with E-state index in [9.17, 15) is 18.0 Å². The molecule has 0 radical (unpaired) electrons. The molecular weight excluding hydrogens is 411 g/mol. The molecule has 0 bridgehead atoms. The van der Waals surface area contributed by atoms with Crippen molar-refractivity contribution in [1.82, 2.24) is 4.98 Å². The fourth-order valence-electron chi connectivity index (χ4n) is 2.89. The first kappa shape index (κ1) is 19.9. The molecule has 4 aromatic rings. The molecule has 0 aliphatic carbocycles. The van der Waals surface area contributed by atoms with Crippen LogP contribution in [-0.2, 0) is 6.18 Å². The third kappa shape index (κ3) is 4.44. The van der Waals surface area contributed by atoms with Gasteiger partial charge in [0.15, 0.2) is 0 Å². The number of hydrogen-bond donors (Lipinski definition) is 2. The van der Waals surface area contributed by atoms with Crippen LogP contribution in [0.25, 0.3) is 20.8 Å². The van der Waals surface area contributed by atoms with Crippen molar-refractivity contribution < 1.29 is 18.0 Å². The molecule has 0 saturated heterocycles. The number of hydrogen-bond acceptors (Lipinski definition) is 3. The number of benzene rings is 3. The van der Waals surface area contributed by atoms with Crippen molar-refractivity contribution in [3.63, 3.8) is 0 Å². The van der Waals surface area contributed by atoms with E-state index < -0.39 is 17.8 Å². The molecule has 2 amide bonds. The molecule has 3 aromatic carbocycles. The minimum Gasteiger partial charge on any atom is -0.308 e. The van der Waals surface area contributed by atoms with Gasteiger partial charge in [-0.05, 0) is 49.4 Å². The number of nitrogens with one attached hydrogen (secondary N) is 2. The van der Waals surface area contributed by atoms with Crippen molar-refractivity contribution in [3.05, 3.63) is 77.9 Å². The van der Waals surface area contributed by atoms with Gasteiger partial charge in [-0.1, -0.05) is 29.8 Å². The fraction of sp³-hybridized carbons (Fsp3) is 0.0909. The molecule has 4 rings (SSSR count). The maximum absolute atomic E-state index is 12.9. The highest BCUT2D eigenvalue weighted by Gasteiger charge is 2.30. The predicted molar refractivity (Wildman–Crippen MR) is 114 cm³/mol. The molecule has 0 unspecified atom stereocenters. The first-order chi connectivity index (χ1) is 14.3. The quantitative estimate of drug-likeness (QED) is 0.372. The van der Waals surface area contributed by atoms with Gasteiger partial charge in [-0.3, -0.25) is 0 Å². The van der Waals surface area contributed by atoms with E-state index in [4.69, 9.17) is 0 Å². The minimum absolute atomic E-state index is 0.292. The van der Waals surface area contributed by atoms with Gasteiger partial charge in [0.1, 0.15) is 5.01 Å². The van der Waals surface area contributed by atoms with Crippen LogP contribution >= 0.6 is 11.3 Å². The molecule has 152 valence electrons. The molecule has 1 aromatic heterocycles. The predicted octanol–water partition coefficient (Wildman–Crippen LogP) is 6.93. The summed E-state index contributed by atoms with van der Waals surface area (Å²) >= 11 is 1.29. The third-order valence-corrected chi connectivity index (χ3v) is 5.48. The van der Waals surface area contributed by atoms with Crippen LogP contribution in [0.1, 0.15) is 11.1 Å². The average Bonchev–Trinajstić information content (AvgIpc) is 3.13. The molecular formula is C22H16F3N3OS. The summed E-state index contributed by atoms with van der Waals surface area (Å²) in [5, 5.41) is 6.08. The fourth-order valence-corrected chi connectivity index (χ4v) is 3.83. The second kappa shape index (κ2) is 7.79. The van der Waals surface area contributed by atoms with Crippen molar-refractivity contribution in [2.24, 2.45) is 0 Å². The molecule has 0 atom stereocenters. The number of thiazole rings is 1. The first-order valence-corrected chi connectivity index (χ1v) is 9.82. The Labute approximate surface area is 174 Å². The van der Waals surface area contributed by atoms with Gasteiger partial charge in [-0.15, -0.1) is 11.3 Å². The number of carbonyl (C=O) groups excluding carboxylic acids is 1. The number of aryl methyl sites for hydroxylation is 1. The van der Waals surface area contributed by atoms with Crippen LogP contribution in [-0.4, -0.2) is 11.0 Å². The van der Waals surface area contributed by atoms with Crippen LogP contribution in [0.4, 0.5) is 29.3 Å². The third-order valence-electron chi connectivity index (χ3n) is 4.39. The van der Waals surface area contributed by atoms with Crippen molar-refractivity contribution in [2.45, 2.75) is 13.1 Å². The van der Waals surface area contributed by atoms with Crippen LogP contribution in [0.3, 0.4) is 0 Å². The van der Waals surface area contributed by atoms with Gasteiger partial charge < -0.3 is 10.6 Å². The molecule has 0 aliphatic rings. The zero-order valence-electron chi connectivity index (χ0n) is 15.7. The Kier molecular flexibility index (Phi) is 5.17. The number of carbonyl (C=O) groups is 1. The van der Waals surface area contributed by atoms with Crippen molar-refractivity contribution in [1.29, 1.82) is 0 Å². The Hall–Kier alpha value is -3.39. The Bertz CT molecular complexity index is 1220. The summed E-state index contributed by atoms with van der Waals surface area (Å²) < 4.78 is 39.4. The summed E-state index contributed by atoms with van der Waals surface area (Å²) in [6.07, 6.45) is -4.41. The van der Waals surface area contributed by atoms with Gasteiger partial charge in [0.25, 0.3) is 0 Å². The summed E-state index contributed by atoms with van der Waals surface area (Å²) in [6.45, 7) is 1.96. The van der Waals surface area contributed by atoms with Crippen molar-refractivity contribution in [2.75, 3.05) is 10.6 Å². The number of fused-ring (bicyclic) bond motifs is 1. The number of rotatable bonds is 3. The first-order valence-electron chi connectivity index (χ1n) is 9.01. The topological polar surface area (TPSA) is 54.0 Å². The van der Waals surface area contributed by atoms with Crippen LogP contribution in [0.5, 0.6) is 0 Å². The van der Waals surface area contributed by atoms with Crippen LogP contribution < -0.4 is 10.6 Å².